The second-order valence-electron chi connectivity index (χ2n) is 5.94. The second kappa shape index (κ2) is 6.99. The average molecular weight is 360 g/mol. The molecule has 0 unspecified atom stereocenters. The first kappa shape index (κ1) is 16.9. The maximum Gasteiger partial charge on any atom is 0.172 e. The van der Waals surface area contributed by atoms with Crippen molar-refractivity contribution in [1.82, 2.24) is 15.0 Å². The fourth-order valence-corrected chi connectivity index (χ4v) is 3.00. The van der Waals surface area contributed by atoms with Crippen molar-refractivity contribution in [3.63, 3.8) is 0 Å². The van der Waals surface area contributed by atoms with Gasteiger partial charge < -0.3 is 10.1 Å². The summed E-state index contributed by atoms with van der Waals surface area (Å²) in [5.41, 5.74) is 2.79. The highest BCUT2D eigenvalue weighted by Crippen LogP contribution is 2.33. The quantitative estimate of drug-likeness (QED) is 0.579. The number of anilines is 1. The van der Waals surface area contributed by atoms with Crippen LogP contribution >= 0.6 is 0 Å². The number of nitrogens with one attached hydrogen (secondary N) is 1. The Bertz CT molecular complexity index is 1120. The van der Waals surface area contributed by atoms with Crippen LogP contribution < -0.4 is 10.1 Å². The van der Waals surface area contributed by atoms with Crippen molar-refractivity contribution in [1.29, 1.82) is 0 Å². The van der Waals surface area contributed by atoms with Crippen LogP contribution in [0.3, 0.4) is 0 Å². The summed E-state index contributed by atoms with van der Waals surface area (Å²) < 4.78 is 19.7. The van der Waals surface area contributed by atoms with Crippen LogP contribution in [0.5, 0.6) is 5.75 Å². The number of methoxy groups -OCH3 is 1. The summed E-state index contributed by atoms with van der Waals surface area (Å²) in [6, 6.07) is 14.4. The Labute approximate surface area is 155 Å². The van der Waals surface area contributed by atoms with Crippen LogP contribution in [0.15, 0.2) is 60.9 Å². The molecule has 6 heteroatoms. The fourth-order valence-electron chi connectivity index (χ4n) is 3.00. The van der Waals surface area contributed by atoms with Gasteiger partial charge in [-0.2, -0.15) is 0 Å². The minimum absolute atomic E-state index is 0.213. The molecule has 0 aliphatic rings. The summed E-state index contributed by atoms with van der Waals surface area (Å²) >= 11 is 0. The summed E-state index contributed by atoms with van der Waals surface area (Å²) in [5, 5.41) is 3.92. The molecule has 0 radical (unpaired) electrons. The van der Waals surface area contributed by atoms with E-state index in [1.165, 1.54) is 7.11 Å². The van der Waals surface area contributed by atoms with Crippen LogP contribution in [-0.2, 0) is 0 Å². The van der Waals surface area contributed by atoms with Crippen molar-refractivity contribution < 1.29 is 9.13 Å². The summed E-state index contributed by atoms with van der Waals surface area (Å²) in [6.45, 7) is 0. The molecule has 0 saturated heterocycles. The summed E-state index contributed by atoms with van der Waals surface area (Å²) in [4.78, 5) is 13.4. The maximum atomic E-state index is 14.6. The molecule has 1 N–H and O–H groups in total. The van der Waals surface area contributed by atoms with E-state index in [1.54, 1.807) is 37.6 Å². The van der Waals surface area contributed by atoms with Crippen LogP contribution in [0.25, 0.3) is 33.4 Å². The number of aromatic nitrogens is 3. The number of halogens is 1. The van der Waals surface area contributed by atoms with Gasteiger partial charge in [0.1, 0.15) is 5.82 Å². The molecule has 0 saturated carbocycles. The third kappa shape index (κ3) is 3.06. The van der Waals surface area contributed by atoms with Crippen molar-refractivity contribution in [2.45, 2.75) is 0 Å². The Balaban J connectivity index is 1.88. The zero-order chi connectivity index (χ0) is 18.8. The lowest BCUT2D eigenvalue weighted by molar-refractivity contribution is 0.387. The monoisotopic (exact) mass is 360 g/mol. The van der Waals surface area contributed by atoms with Crippen LogP contribution in [0.1, 0.15) is 0 Å². The topological polar surface area (TPSA) is 59.9 Å². The highest BCUT2D eigenvalue weighted by molar-refractivity contribution is 5.94. The Kier molecular flexibility index (Phi) is 4.38. The van der Waals surface area contributed by atoms with Crippen LogP contribution in [0, 0.1) is 5.82 Å². The lowest BCUT2D eigenvalue weighted by atomic mass is 10.0. The van der Waals surface area contributed by atoms with Gasteiger partial charge in [-0.1, -0.05) is 18.2 Å². The smallest absolute Gasteiger partial charge is 0.172 e. The first-order valence-electron chi connectivity index (χ1n) is 8.44. The predicted octanol–water partition coefficient (Wildman–Crippen LogP) is 4.55. The normalized spacial score (nSPS) is 10.8. The van der Waals surface area contributed by atoms with Crippen molar-refractivity contribution in [2.24, 2.45) is 0 Å². The molecule has 2 heterocycles. The molecule has 0 aliphatic carbocycles. The van der Waals surface area contributed by atoms with Crippen molar-refractivity contribution >= 4 is 16.7 Å². The van der Waals surface area contributed by atoms with E-state index in [0.29, 0.717) is 17.2 Å². The molecule has 0 atom stereocenters. The Morgan fingerprint density at radius 2 is 1.89 bits per heavy atom. The number of rotatable bonds is 4. The fraction of sp³-hybridized carbons (Fsp3) is 0.0952. The van der Waals surface area contributed by atoms with Gasteiger partial charge in [0, 0.05) is 36.0 Å². The third-order valence-corrected chi connectivity index (χ3v) is 4.35. The molecule has 134 valence electrons. The van der Waals surface area contributed by atoms with E-state index in [4.69, 9.17) is 4.74 Å². The van der Waals surface area contributed by atoms with Crippen molar-refractivity contribution in [3.05, 3.63) is 66.7 Å². The molecule has 4 rings (SSSR count). The molecular formula is C21H17FN4O. The third-order valence-electron chi connectivity index (χ3n) is 4.35. The van der Waals surface area contributed by atoms with E-state index in [0.717, 1.165) is 22.0 Å². The summed E-state index contributed by atoms with van der Waals surface area (Å²) in [7, 11) is 3.25. The van der Waals surface area contributed by atoms with Gasteiger partial charge in [-0.25, -0.2) is 14.4 Å². The lowest BCUT2D eigenvalue weighted by Crippen LogP contribution is -1.99. The first-order valence-corrected chi connectivity index (χ1v) is 8.44. The number of nitrogens with zero attached hydrogens (tertiary/aromatic N) is 3. The van der Waals surface area contributed by atoms with Crippen molar-refractivity contribution in [3.8, 4) is 28.3 Å². The SMILES string of the molecule is CNc1nc(-c2cccnc2)nc2ccc(-c3cccc(OC)c3F)cc12. The number of fused-ring (bicyclic) bond motifs is 1. The van der Waals surface area contributed by atoms with Gasteiger partial charge >= 0.3 is 0 Å². The standard InChI is InChI=1S/C21H17FN4O/c1-23-21-16-11-13(15-6-3-7-18(27-2)19(15)22)8-9-17(16)25-20(26-21)14-5-4-10-24-12-14/h3-12H,1-2H3,(H,23,25,26). The first-order chi connectivity index (χ1) is 13.2. The Morgan fingerprint density at radius 1 is 1.00 bits per heavy atom. The number of benzene rings is 2. The molecule has 27 heavy (non-hydrogen) atoms. The average Bonchev–Trinajstić information content (AvgIpc) is 2.73. The highest BCUT2D eigenvalue weighted by Gasteiger charge is 2.14. The minimum Gasteiger partial charge on any atom is -0.494 e. The summed E-state index contributed by atoms with van der Waals surface area (Å²) in [6.07, 6.45) is 3.43. The Hall–Kier alpha value is -3.54. The Morgan fingerprint density at radius 3 is 2.63 bits per heavy atom. The lowest BCUT2D eigenvalue weighted by Gasteiger charge is -2.11. The molecule has 2 aromatic heterocycles. The molecular weight excluding hydrogens is 343 g/mol. The molecule has 0 spiro atoms. The van der Waals surface area contributed by atoms with Crippen molar-refractivity contribution in [2.75, 3.05) is 19.5 Å². The van der Waals surface area contributed by atoms with E-state index < -0.39 is 5.82 Å². The van der Waals surface area contributed by atoms with Crippen LogP contribution in [-0.4, -0.2) is 29.1 Å². The molecule has 2 aromatic carbocycles. The van der Waals surface area contributed by atoms with Crippen LogP contribution in [0.4, 0.5) is 10.2 Å². The van der Waals surface area contributed by atoms with Gasteiger partial charge in [0.05, 0.1) is 12.6 Å². The molecule has 0 fully saturated rings. The van der Waals surface area contributed by atoms with E-state index >= 15 is 0 Å². The van der Waals surface area contributed by atoms with Gasteiger partial charge in [-0.3, -0.25) is 4.98 Å². The highest BCUT2D eigenvalue weighted by atomic mass is 19.1. The van der Waals surface area contributed by atoms with E-state index in [1.807, 2.05) is 30.3 Å². The number of hydrogen-bond acceptors (Lipinski definition) is 5. The van der Waals surface area contributed by atoms with E-state index in [-0.39, 0.29) is 5.75 Å². The van der Waals surface area contributed by atoms with Gasteiger partial charge in [0.25, 0.3) is 0 Å². The number of hydrogen-bond donors (Lipinski definition) is 1. The largest absolute Gasteiger partial charge is 0.494 e. The predicted molar refractivity (Wildman–Crippen MR) is 104 cm³/mol. The number of pyridine rings is 1. The zero-order valence-corrected chi connectivity index (χ0v) is 14.9. The van der Waals surface area contributed by atoms with Gasteiger partial charge in [0.15, 0.2) is 17.4 Å². The van der Waals surface area contributed by atoms with Gasteiger partial charge in [0.2, 0.25) is 0 Å². The number of ether oxygens (including phenoxy) is 1. The van der Waals surface area contributed by atoms with Gasteiger partial charge in [-0.05, 0) is 35.9 Å². The molecule has 0 amide bonds. The van der Waals surface area contributed by atoms with E-state index in [9.17, 15) is 4.39 Å². The molecule has 0 bridgehead atoms. The molecule has 4 aromatic rings. The maximum absolute atomic E-state index is 14.6. The zero-order valence-electron chi connectivity index (χ0n) is 14.9. The second-order valence-corrected chi connectivity index (χ2v) is 5.94. The van der Waals surface area contributed by atoms with Crippen LogP contribution in [0.2, 0.25) is 0 Å². The molecule has 5 nitrogen and oxygen atoms in total. The summed E-state index contributed by atoms with van der Waals surface area (Å²) in [5.74, 6) is 1.08. The van der Waals surface area contributed by atoms with E-state index in [2.05, 4.69) is 20.3 Å². The van der Waals surface area contributed by atoms with Gasteiger partial charge in [-0.15, -0.1) is 0 Å². The molecule has 0 aliphatic heterocycles. The minimum atomic E-state index is -0.391.